The lowest BCUT2D eigenvalue weighted by molar-refractivity contribution is 0.234. The fourth-order valence-corrected chi connectivity index (χ4v) is 1.97. The molecule has 1 N–H and O–H groups in total. The van der Waals surface area contributed by atoms with Gasteiger partial charge in [0, 0.05) is 25.3 Å². The van der Waals surface area contributed by atoms with Crippen molar-refractivity contribution in [2.75, 3.05) is 13.6 Å². The molecule has 1 heterocycles. The molecule has 0 saturated carbocycles. The third-order valence-electron chi connectivity index (χ3n) is 3.34. The largest absolute Gasteiger partial charge is 0.313 e. The fourth-order valence-electron chi connectivity index (χ4n) is 1.97. The van der Waals surface area contributed by atoms with E-state index in [9.17, 15) is 0 Å². The van der Waals surface area contributed by atoms with Crippen LogP contribution in [0.25, 0.3) is 0 Å². The first-order valence-corrected chi connectivity index (χ1v) is 7.02. The highest BCUT2D eigenvalue weighted by Crippen LogP contribution is 2.09. The van der Waals surface area contributed by atoms with E-state index >= 15 is 0 Å². The van der Waals surface area contributed by atoms with Crippen molar-refractivity contribution in [2.45, 2.75) is 52.7 Å². The predicted octanol–water partition coefficient (Wildman–Crippen LogP) is 2.81. The third kappa shape index (κ3) is 5.15. The molecule has 1 atom stereocenters. The van der Waals surface area contributed by atoms with Gasteiger partial charge in [-0.2, -0.15) is 0 Å². The summed E-state index contributed by atoms with van der Waals surface area (Å²) in [7, 11) is 2.18. The summed E-state index contributed by atoms with van der Waals surface area (Å²) in [5.74, 6) is 0. The van der Waals surface area contributed by atoms with Crippen LogP contribution in [-0.4, -0.2) is 29.5 Å². The lowest BCUT2D eigenvalue weighted by atomic mass is 10.1. The summed E-state index contributed by atoms with van der Waals surface area (Å²) >= 11 is 0. The molecule has 1 aromatic heterocycles. The number of rotatable bonds is 8. The van der Waals surface area contributed by atoms with E-state index < -0.39 is 0 Å². The van der Waals surface area contributed by atoms with Gasteiger partial charge in [0.15, 0.2) is 0 Å². The van der Waals surface area contributed by atoms with Gasteiger partial charge in [0.1, 0.15) is 0 Å². The van der Waals surface area contributed by atoms with Crippen molar-refractivity contribution in [1.82, 2.24) is 15.2 Å². The summed E-state index contributed by atoms with van der Waals surface area (Å²) in [6, 6.07) is 4.93. The van der Waals surface area contributed by atoms with Crippen molar-refractivity contribution < 1.29 is 0 Å². The van der Waals surface area contributed by atoms with E-state index in [0.717, 1.165) is 25.3 Å². The van der Waals surface area contributed by atoms with Crippen molar-refractivity contribution in [3.63, 3.8) is 0 Å². The average molecular weight is 249 g/mol. The van der Waals surface area contributed by atoms with Crippen LogP contribution in [0.4, 0.5) is 0 Å². The SMILES string of the molecule is CCCC(C)N(C)Cc1ccc(CNCC)cn1. The second-order valence-corrected chi connectivity index (χ2v) is 4.99. The summed E-state index contributed by atoms with van der Waals surface area (Å²) < 4.78 is 0. The van der Waals surface area contributed by atoms with Gasteiger partial charge in [-0.3, -0.25) is 9.88 Å². The van der Waals surface area contributed by atoms with Crippen LogP contribution >= 0.6 is 0 Å². The molecule has 0 aliphatic heterocycles. The molecule has 0 aliphatic carbocycles. The van der Waals surface area contributed by atoms with Gasteiger partial charge in [-0.25, -0.2) is 0 Å². The molecule has 0 bridgehead atoms. The van der Waals surface area contributed by atoms with Crippen LogP contribution in [0.15, 0.2) is 18.3 Å². The predicted molar refractivity (Wildman–Crippen MR) is 77.5 cm³/mol. The van der Waals surface area contributed by atoms with Gasteiger partial charge in [0.25, 0.3) is 0 Å². The number of nitrogens with zero attached hydrogens (tertiary/aromatic N) is 2. The number of hydrogen-bond donors (Lipinski definition) is 1. The zero-order valence-corrected chi connectivity index (χ0v) is 12.2. The summed E-state index contributed by atoms with van der Waals surface area (Å²) in [5.41, 5.74) is 2.41. The van der Waals surface area contributed by atoms with E-state index in [1.54, 1.807) is 0 Å². The first kappa shape index (κ1) is 15.1. The maximum atomic E-state index is 4.53. The van der Waals surface area contributed by atoms with Crippen LogP contribution in [0.1, 0.15) is 44.9 Å². The molecule has 3 nitrogen and oxygen atoms in total. The molecule has 102 valence electrons. The standard InChI is InChI=1S/C15H27N3/c1-5-7-13(3)18(4)12-15-9-8-14(11-17-15)10-16-6-2/h8-9,11,13,16H,5-7,10,12H2,1-4H3. The quantitative estimate of drug-likeness (QED) is 0.768. The molecule has 0 radical (unpaired) electrons. The number of aromatic nitrogens is 1. The summed E-state index contributed by atoms with van der Waals surface area (Å²) in [4.78, 5) is 6.90. The Balaban J connectivity index is 2.47. The zero-order valence-electron chi connectivity index (χ0n) is 12.2. The average Bonchev–Trinajstić information content (AvgIpc) is 2.38. The van der Waals surface area contributed by atoms with Crippen LogP contribution in [-0.2, 0) is 13.1 Å². The van der Waals surface area contributed by atoms with Crippen LogP contribution in [0, 0.1) is 0 Å². The smallest absolute Gasteiger partial charge is 0.0544 e. The Labute approximate surface area is 112 Å². The Morgan fingerprint density at radius 2 is 2.11 bits per heavy atom. The minimum Gasteiger partial charge on any atom is -0.313 e. The molecule has 0 saturated heterocycles. The molecule has 0 amide bonds. The van der Waals surface area contributed by atoms with E-state index in [4.69, 9.17) is 0 Å². The van der Waals surface area contributed by atoms with E-state index in [2.05, 4.69) is 55.2 Å². The minimum atomic E-state index is 0.623. The Bertz CT molecular complexity index is 321. The molecule has 0 spiro atoms. The Morgan fingerprint density at radius 1 is 1.33 bits per heavy atom. The number of hydrogen-bond acceptors (Lipinski definition) is 3. The van der Waals surface area contributed by atoms with Crippen LogP contribution in [0.5, 0.6) is 0 Å². The second kappa shape index (κ2) is 8.22. The van der Waals surface area contributed by atoms with E-state index in [1.165, 1.54) is 18.4 Å². The minimum absolute atomic E-state index is 0.623. The molecular formula is C15H27N3. The molecule has 1 rings (SSSR count). The molecule has 0 fully saturated rings. The van der Waals surface area contributed by atoms with Crippen molar-refractivity contribution in [3.05, 3.63) is 29.6 Å². The molecule has 1 aromatic rings. The van der Waals surface area contributed by atoms with Gasteiger partial charge in [0.05, 0.1) is 5.69 Å². The molecular weight excluding hydrogens is 222 g/mol. The number of nitrogens with one attached hydrogen (secondary N) is 1. The van der Waals surface area contributed by atoms with E-state index in [-0.39, 0.29) is 0 Å². The summed E-state index contributed by atoms with van der Waals surface area (Å²) in [5, 5.41) is 3.31. The van der Waals surface area contributed by atoms with Crippen LogP contribution < -0.4 is 5.32 Å². The topological polar surface area (TPSA) is 28.2 Å². The second-order valence-electron chi connectivity index (χ2n) is 4.99. The van der Waals surface area contributed by atoms with Gasteiger partial charge in [-0.1, -0.05) is 26.3 Å². The van der Waals surface area contributed by atoms with Crippen molar-refractivity contribution in [2.24, 2.45) is 0 Å². The molecule has 3 heteroatoms. The van der Waals surface area contributed by atoms with Gasteiger partial charge in [-0.05, 0) is 38.6 Å². The van der Waals surface area contributed by atoms with Crippen molar-refractivity contribution in [3.8, 4) is 0 Å². The van der Waals surface area contributed by atoms with E-state index in [1.807, 2.05) is 6.20 Å². The van der Waals surface area contributed by atoms with Gasteiger partial charge in [0.2, 0.25) is 0 Å². The first-order valence-electron chi connectivity index (χ1n) is 7.02. The molecule has 1 unspecified atom stereocenters. The normalized spacial score (nSPS) is 12.9. The van der Waals surface area contributed by atoms with Crippen LogP contribution in [0.2, 0.25) is 0 Å². The number of pyridine rings is 1. The van der Waals surface area contributed by atoms with Gasteiger partial charge >= 0.3 is 0 Å². The highest BCUT2D eigenvalue weighted by atomic mass is 15.1. The monoisotopic (exact) mass is 249 g/mol. The van der Waals surface area contributed by atoms with Gasteiger partial charge in [-0.15, -0.1) is 0 Å². The molecule has 0 aliphatic rings. The first-order chi connectivity index (χ1) is 8.67. The maximum absolute atomic E-state index is 4.53. The highest BCUT2D eigenvalue weighted by Gasteiger charge is 2.08. The maximum Gasteiger partial charge on any atom is 0.0544 e. The van der Waals surface area contributed by atoms with Crippen molar-refractivity contribution in [1.29, 1.82) is 0 Å². The lowest BCUT2D eigenvalue weighted by Gasteiger charge is -2.23. The summed E-state index contributed by atoms with van der Waals surface area (Å²) in [6.45, 7) is 9.47. The lowest BCUT2D eigenvalue weighted by Crippen LogP contribution is -2.28. The zero-order chi connectivity index (χ0) is 13.4. The molecule has 18 heavy (non-hydrogen) atoms. The Kier molecular flexibility index (Phi) is 6.91. The summed E-state index contributed by atoms with van der Waals surface area (Å²) in [6.07, 6.45) is 4.46. The van der Waals surface area contributed by atoms with Crippen LogP contribution in [0.3, 0.4) is 0 Å². The highest BCUT2D eigenvalue weighted by molar-refractivity contribution is 5.13. The van der Waals surface area contributed by atoms with Crippen molar-refractivity contribution >= 4 is 0 Å². The Morgan fingerprint density at radius 3 is 2.67 bits per heavy atom. The fraction of sp³-hybridized carbons (Fsp3) is 0.667. The Hall–Kier alpha value is -0.930. The molecule has 0 aromatic carbocycles. The van der Waals surface area contributed by atoms with Gasteiger partial charge < -0.3 is 5.32 Å². The third-order valence-corrected chi connectivity index (χ3v) is 3.34. The van der Waals surface area contributed by atoms with E-state index in [0.29, 0.717) is 6.04 Å².